The number of carbonyl (C=O) groups is 1. The van der Waals surface area contributed by atoms with E-state index in [-0.39, 0.29) is 23.8 Å². The first-order chi connectivity index (χ1) is 4.99. The van der Waals surface area contributed by atoms with E-state index in [0.29, 0.717) is 6.42 Å². The van der Waals surface area contributed by atoms with E-state index in [1.165, 1.54) is 0 Å². The Labute approximate surface area is 65.1 Å². The fourth-order valence-electron chi connectivity index (χ4n) is 1.27. The van der Waals surface area contributed by atoms with E-state index in [4.69, 9.17) is 0 Å². The van der Waals surface area contributed by atoms with E-state index in [9.17, 15) is 18.3 Å². The van der Waals surface area contributed by atoms with Crippen LogP contribution in [0.2, 0.25) is 0 Å². The van der Waals surface area contributed by atoms with Gasteiger partial charge in [0.2, 0.25) is 0 Å². The minimum absolute atomic E-state index is 0.0149. The van der Waals surface area contributed by atoms with Crippen molar-refractivity contribution in [3.63, 3.8) is 0 Å². The molecule has 1 fully saturated rings. The van der Waals surface area contributed by atoms with Crippen LogP contribution in [-0.2, 0) is 14.6 Å². The fraction of sp³-hybridized carbons (Fsp3) is 0.833. The van der Waals surface area contributed by atoms with Crippen LogP contribution >= 0.6 is 0 Å². The van der Waals surface area contributed by atoms with Gasteiger partial charge < -0.3 is 9.90 Å². The lowest BCUT2D eigenvalue weighted by Crippen LogP contribution is -2.25. The molecule has 0 bridgehead atoms. The van der Waals surface area contributed by atoms with Crippen molar-refractivity contribution in [2.75, 3.05) is 11.5 Å². The molecule has 1 rings (SSSR count). The first-order valence-electron chi connectivity index (χ1n) is 3.40. The lowest BCUT2D eigenvalue weighted by molar-refractivity contribution is -0.306. The van der Waals surface area contributed by atoms with Gasteiger partial charge in [-0.05, 0) is 18.8 Å². The Morgan fingerprint density at radius 2 is 2.18 bits per heavy atom. The molecule has 64 valence electrons. The maximum atomic E-state index is 10.8. The molecule has 1 saturated heterocycles. The molecule has 0 aromatic rings. The highest BCUT2D eigenvalue weighted by Crippen LogP contribution is 2.20. The zero-order valence-electron chi connectivity index (χ0n) is 5.95. The Morgan fingerprint density at radius 3 is 2.55 bits per heavy atom. The molecule has 0 amide bonds. The molecule has 5 heteroatoms. The predicted molar refractivity (Wildman–Crippen MR) is 36.4 cm³/mol. The molecular weight excluding hydrogens is 168 g/mol. The van der Waals surface area contributed by atoms with Gasteiger partial charge >= 0.3 is 0 Å². The summed E-state index contributed by atoms with van der Waals surface area (Å²) in [6.45, 7) is 0. The maximum Gasteiger partial charge on any atom is 0.150 e. The molecule has 0 aromatic heterocycles. The van der Waals surface area contributed by atoms with Crippen molar-refractivity contribution >= 4 is 15.8 Å². The quantitative estimate of drug-likeness (QED) is 0.518. The van der Waals surface area contributed by atoms with Gasteiger partial charge in [-0.15, -0.1) is 0 Å². The summed E-state index contributed by atoms with van der Waals surface area (Å²) in [5.74, 6) is -1.23. The van der Waals surface area contributed by atoms with Crippen LogP contribution in [0.3, 0.4) is 0 Å². The van der Waals surface area contributed by atoms with Crippen molar-refractivity contribution in [3.05, 3.63) is 0 Å². The van der Waals surface area contributed by atoms with Gasteiger partial charge in [0.15, 0.2) is 9.84 Å². The van der Waals surface area contributed by atoms with E-state index in [1.807, 2.05) is 0 Å². The number of rotatable bonds is 2. The molecule has 0 spiro atoms. The van der Waals surface area contributed by atoms with E-state index in [0.717, 1.165) is 0 Å². The number of hydrogen-bond donors (Lipinski definition) is 0. The number of sulfone groups is 1. The summed E-state index contributed by atoms with van der Waals surface area (Å²) < 4.78 is 21.6. The van der Waals surface area contributed by atoms with Crippen LogP contribution in [0.15, 0.2) is 0 Å². The molecule has 0 saturated carbocycles. The van der Waals surface area contributed by atoms with E-state index in [1.54, 1.807) is 0 Å². The Kier molecular flexibility index (Phi) is 2.17. The minimum atomic E-state index is -2.93. The van der Waals surface area contributed by atoms with Crippen LogP contribution in [0.4, 0.5) is 0 Å². The molecule has 4 nitrogen and oxygen atoms in total. The van der Waals surface area contributed by atoms with Crippen molar-refractivity contribution in [1.29, 1.82) is 0 Å². The molecular formula is C6H9O4S-. The first kappa shape index (κ1) is 8.52. The number of carbonyl (C=O) groups excluding carboxylic acids is 1. The molecule has 0 unspecified atom stereocenters. The normalized spacial score (nSPS) is 28.5. The summed E-state index contributed by atoms with van der Waals surface area (Å²) in [4.78, 5) is 10.1. The van der Waals surface area contributed by atoms with E-state index in [2.05, 4.69) is 0 Å². The number of hydrogen-bond acceptors (Lipinski definition) is 4. The highest BCUT2D eigenvalue weighted by Gasteiger charge is 2.27. The van der Waals surface area contributed by atoms with Crippen LogP contribution in [0, 0.1) is 5.92 Å². The van der Waals surface area contributed by atoms with Crippen LogP contribution in [0.25, 0.3) is 0 Å². The molecule has 1 aliphatic rings. The molecule has 1 heterocycles. The maximum absolute atomic E-state index is 10.8. The molecule has 0 N–H and O–H groups in total. The van der Waals surface area contributed by atoms with E-state index < -0.39 is 15.8 Å². The summed E-state index contributed by atoms with van der Waals surface area (Å²) in [6, 6.07) is 0. The zero-order chi connectivity index (χ0) is 8.48. The van der Waals surface area contributed by atoms with Gasteiger partial charge in [0.05, 0.1) is 11.5 Å². The SMILES string of the molecule is O=C([O-])C[C@H]1CCS(=O)(=O)C1. The van der Waals surface area contributed by atoms with Crippen LogP contribution in [-0.4, -0.2) is 25.9 Å². The number of carboxylic acid groups (broad SMARTS) is 1. The van der Waals surface area contributed by atoms with Crippen molar-refractivity contribution in [1.82, 2.24) is 0 Å². The molecule has 0 aromatic carbocycles. The van der Waals surface area contributed by atoms with Gasteiger partial charge in [-0.3, -0.25) is 0 Å². The summed E-state index contributed by atoms with van der Waals surface area (Å²) in [5.41, 5.74) is 0. The molecule has 1 atom stereocenters. The molecule has 1 aliphatic heterocycles. The smallest absolute Gasteiger partial charge is 0.150 e. The van der Waals surface area contributed by atoms with Gasteiger partial charge in [-0.1, -0.05) is 0 Å². The van der Waals surface area contributed by atoms with Crippen LogP contribution < -0.4 is 5.11 Å². The van der Waals surface area contributed by atoms with Gasteiger partial charge in [0.1, 0.15) is 0 Å². The fourth-order valence-corrected chi connectivity index (χ4v) is 3.13. The monoisotopic (exact) mass is 177 g/mol. The molecule has 0 radical (unpaired) electrons. The predicted octanol–water partition coefficient (Wildman–Crippen LogP) is -1.44. The third kappa shape index (κ3) is 2.49. The van der Waals surface area contributed by atoms with Gasteiger partial charge in [0, 0.05) is 5.97 Å². The third-order valence-corrected chi connectivity index (χ3v) is 3.62. The Hall–Kier alpha value is -0.580. The van der Waals surface area contributed by atoms with Crippen molar-refractivity contribution in [2.45, 2.75) is 12.8 Å². The second-order valence-corrected chi connectivity index (χ2v) is 5.07. The van der Waals surface area contributed by atoms with Gasteiger partial charge in [-0.25, -0.2) is 8.42 Å². The summed E-state index contributed by atoms with van der Waals surface area (Å²) in [7, 11) is -2.93. The molecule has 11 heavy (non-hydrogen) atoms. The standard InChI is InChI=1S/C6H10O4S/c7-6(8)3-5-1-2-11(9,10)4-5/h5H,1-4H2,(H,7,8)/p-1/t5-/m1/s1. The van der Waals surface area contributed by atoms with Crippen molar-refractivity contribution < 1.29 is 18.3 Å². The Balaban J connectivity index is 2.49. The lowest BCUT2D eigenvalue weighted by Gasteiger charge is -2.06. The second-order valence-electron chi connectivity index (χ2n) is 2.85. The highest BCUT2D eigenvalue weighted by atomic mass is 32.2. The van der Waals surface area contributed by atoms with Crippen molar-refractivity contribution in [2.24, 2.45) is 5.92 Å². The summed E-state index contributed by atoms with van der Waals surface area (Å²) in [6.07, 6.45) is 0.343. The van der Waals surface area contributed by atoms with Gasteiger partial charge in [-0.2, -0.15) is 0 Å². The summed E-state index contributed by atoms with van der Waals surface area (Å²) in [5, 5.41) is 10.1. The highest BCUT2D eigenvalue weighted by molar-refractivity contribution is 7.91. The van der Waals surface area contributed by atoms with E-state index >= 15 is 0 Å². The third-order valence-electron chi connectivity index (χ3n) is 1.78. The second kappa shape index (κ2) is 2.81. The van der Waals surface area contributed by atoms with Gasteiger partial charge in [0.25, 0.3) is 0 Å². The average Bonchev–Trinajstić information content (AvgIpc) is 2.08. The number of aliphatic carboxylic acids is 1. The van der Waals surface area contributed by atoms with Crippen LogP contribution in [0.5, 0.6) is 0 Å². The average molecular weight is 177 g/mol. The summed E-state index contributed by atoms with van der Waals surface area (Å²) >= 11 is 0. The topological polar surface area (TPSA) is 74.3 Å². The molecule has 0 aliphatic carbocycles. The lowest BCUT2D eigenvalue weighted by atomic mass is 10.1. The zero-order valence-corrected chi connectivity index (χ0v) is 6.76. The first-order valence-corrected chi connectivity index (χ1v) is 5.22. The largest absolute Gasteiger partial charge is 0.550 e. The Bertz CT molecular complexity index is 254. The van der Waals surface area contributed by atoms with Crippen LogP contribution in [0.1, 0.15) is 12.8 Å². The number of carboxylic acids is 1. The Morgan fingerprint density at radius 1 is 1.55 bits per heavy atom. The van der Waals surface area contributed by atoms with Crippen molar-refractivity contribution in [3.8, 4) is 0 Å². The minimum Gasteiger partial charge on any atom is -0.550 e.